The second-order valence-electron chi connectivity index (χ2n) is 9.37. The van der Waals surface area contributed by atoms with Crippen molar-refractivity contribution in [3.8, 4) is 11.5 Å². The number of benzene rings is 1. The Bertz CT molecular complexity index is 688. The monoisotopic (exact) mass is 384 g/mol. The van der Waals surface area contributed by atoms with Crippen molar-refractivity contribution in [3.05, 3.63) is 47.1 Å². The van der Waals surface area contributed by atoms with Crippen LogP contribution < -0.4 is 0 Å². The zero-order chi connectivity index (χ0) is 20.9. The smallest absolute Gasteiger partial charge is 0.123 e. The molecule has 1 fully saturated rings. The maximum absolute atomic E-state index is 10.9. The van der Waals surface area contributed by atoms with Crippen molar-refractivity contribution in [3.63, 3.8) is 0 Å². The minimum absolute atomic E-state index is 0.0595. The molecule has 0 unspecified atom stereocenters. The van der Waals surface area contributed by atoms with E-state index in [1.165, 1.54) is 31.3 Å². The van der Waals surface area contributed by atoms with Gasteiger partial charge < -0.3 is 10.2 Å². The summed E-state index contributed by atoms with van der Waals surface area (Å²) in [4.78, 5) is 0. The van der Waals surface area contributed by atoms with Gasteiger partial charge in [0.15, 0.2) is 0 Å². The van der Waals surface area contributed by atoms with E-state index in [4.69, 9.17) is 0 Å². The van der Waals surface area contributed by atoms with Gasteiger partial charge in [0.25, 0.3) is 0 Å². The standard InChI is InChI=1S/C26H40O2/c1-7-9-10-11-14-26(5,6)20-16-23(27)25(24(28)17-20)22-15-19(8-2)12-13-21(22)18(3)4/h8,16-17,21-22,27-28H,3,7,9-15H2,1-2,4-6H3/t21-,22+/m1/s1. The van der Waals surface area contributed by atoms with Gasteiger partial charge in [0.05, 0.1) is 0 Å². The van der Waals surface area contributed by atoms with Crippen molar-refractivity contribution >= 4 is 0 Å². The van der Waals surface area contributed by atoms with Crippen molar-refractivity contribution in [2.24, 2.45) is 5.92 Å². The Hall–Kier alpha value is -1.70. The number of hydrogen-bond donors (Lipinski definition) is 2. The third-order valence-electron chi connectivity index (χ3n) is 6.73. The largest absolute Gasteiger partial charge is 0.508 e. The summed E-state index contributed by atoms with van der Waals surface area (Å²) in [5.41, 5.74) is 4.21. The number of phenols is 2. The topological polar surface area (TPSA) is 40.5 Å². The molecule has 1 aromatic rings. The Morgan fingerprint density at radius 3 is 2.36 bits per heavy atom. The van der Waals surface area contributed by atoms with Crippen LogP contribution in [0.1, 0.15) is 103 Å². The zero-order valence-corrected chi connectivity index (χ0v) is 18.6. The van der Waals surface area contributed by atoms with Gasteiger partial charge in [-0.05, 0) is 68.6 Å². The second-order valence-corrected chi connectivity index (χ2v) is 9.37. The first kappa shape index (κ1) is 22.6. The normalized spacial score (nSPS) is 21.8. The van der Waals surface area contributed by atoms with Crippen LogP contribution in [0, 0.1) is 5.92 Å². The van der Waals surface area contributed by atoms with Crippen LogP contribution >= 0.6 is 0 Å². The number of phenolic OH excluding ortho intramolecular Hbond substituents is 2. The van der Waals surface area contributed by atoms with E-state index in [0.717, 1.165) is 36.8 Å². The molecule has 2 nitrogen and oxygen atoms in total. The van der Waals surface area contributed by atoms with Crippen LogP contribution in [0.15, 0.2) is 35.9 Å². The highest BCUT2D eigenvalue weighted by molar-refractivity contribution is 5.52. The van der Waals surface area contributed by atoms with Gasteiger partial charge in [0.1, 0.15) is 11.5 Å². The zero-order valence-electron chi connectivity index (χ0n) is 18.6. The third kappa shape index (κ3) is 5.21. The SMILES string of the molecule is C=C(C)[C@H]1CCC(=CC)C[C@@H]1c1c(O)cc(C(C)(C)CCCCCC)cc1O. The fourth-order valence-electron chi connectivity index (χ4n) is 4.76. The van der Waals surface area contributed by atoms with Crippen LogP contribution in [-0.4, -0.2) is 10.2 Å². The molecule has 0 radical (unpaired) electrons. The predicted octanol–water partition coefficient (Wildman–Crippen LogP) is 7.75. The molecule has 0 heterocycles. The van der Waals surface area contributed by atoms with Crippen molar-refractivity contribution in [1.82, 2.24) is 0 Å². The number of allylic oxidation sites excluding steroid dienone is 3. The second kappa shape index (κ2) is 9.67. The van der Waals surface area contributed by atoms with Gasteiger partial charge in [-0.1, -0.05) is 70.3 Å². The lowest BCUT2D eigenvalue weighted by atomic mass is 9.69. The van der Waals surface area contributed by atoms with Crippen LogP contribution in [0.2, 0.25) is 0 Å². The van der Waals surface area contributed by atoms with Crippen molar-refractivity contribution in [2.45, 2.75) is 97.3 Å². The minimum Gasteiger partial charge on any atom is -0.508 e. The summed E-state index contributed by atoms with van der Waals surface area (Å²) < 4.78 is 0. The Kier molecular flexibility index (Phi) is 7.80. The summed E-state index contributed by atoms with van der Waals surface area (Å²) in [7, 11) is 0. The molecule has 2 heteroatoms. The third-order valence-corrected chi connectivity index (χ3v) is 6.73. The molecular weight excluding hydrogens is 344 g/mol. The van der Waals surface area contributed by atoms with Crippen molar-refractivity contribution in [2.75, 3.05) is 0 Å². The van der Waals surface area contributed by atoms with E-state index in [9.17, 15) is 10.2 Å². The van der Waals surface area contributed by atoms with E-state index in [1.54, 1.807) is 0 Å². The first-order chi connectivity index (χ1) is 13.2. The summed E-state index contributed by atoms with van der Waals surface area (Å²) in [5, 5.41) is 21.9. The van der Waals surface area contributed by atoms with Crippen LogP contribution in [0.25, 0.3) is 0 Å². The van der Waals surface area contributed by atoms with E-state index in [-0.39, 0.29) is 22.8 Å². The first-order valence-electron chi connectivity index (χ1n) is 11.1. The highest BCUT2D eigenvalue weighted by Crippen LogP contribution is 2.50. The van der Waals surface area contributed by atoms with Gasteiger partial charge in [-0.2, -0.15) is 0 Å². The Labute approximate surface area is 172 Å². The van der Waals surface area contributed by atoms with E-state index < -0.39 is 0 Å². The fourth-order valence-corrected chi connectivity index (χ4v) is 4.76. The van der Waals surface area contributed by atoms with Crippen LogP contribution in [0.4, 0.5) is 0 Å². The molecule has 0 spiro atoms. The van der Waals surface area contributed by atoms with Gasteiger partial charge in [0.2, 0.25) is 0 Å². The van der Waals surface area contributed by atoms with Gasteiger partial charge >= 0.3 is 0 Å². The average molecular weight is 385 g/mol. The van der Waals surface area contributed by atoms with Gasteiger partial charge in [-0.3, -0.25) is 0 Å². The van der Waals surface area contributed by atoms with Crippen molar-refractivity contribution in [1.29, 1.82) is 0 Å². The molecule has 156 valence electrons. The molecule has 1 aliphatic carbocycles. The molecule has 28 heavy (non-hydrogen) atoms. The predicted molar refractivity (Wildman–Crippen MR) is 120 cm³/mol. The van der Waals surface area contributed by atoms with Gasteiger partial charge in [0, 0.05) is 11.5 Å². The van der Waals surface area contributed by atoms with E-state index in [2.05, 4.69) is 47.3 Å². The highest BCUT2D eigenvalue weighted by Gasteiger charge is 2.33. The summed E-state index contributed by atoms with van der Waals surface area (Å²) in [5.74, 6) is 0.878. The molecule has 1 aliphatic rings. The minimum atomic E-state index is -0.0595. The quantitative estimate of drug-likeness (QED) is 0.355. The van der Waals surface area contributed by atoms with E-state index >= 15 is 0 Å². The molecule has 0 aromatic heterocycles. The molecule has 0 amide bonds. The lowest BCUT2D eigenvalue weighted by Gasteiger charge is -2.35. The van der Waals surface area contributed by atoms with Crippen LogP contribution in [-0.2, 0) is 5.41 Å². The summed E-state index contributed by atoms with van der Waals surface area (Å²) >= 11 is 0. The lowest BCUT2D eigenvalue weighted by molar-refractivity contribution is 0.361. The van der Waals surface area contributed by atoms with Crippen molar-refractivity contribution < 1.29 is 10.2 Å². The molecule has 2 rings (SSSR count). The van der Waals surface area contributed by atoms with Crippen LogP contribution in [0.3, 0.4) is 0 Å². The summed E-state index contributed by atoms with van der Waals surface area (Å²) in [6, 6.07) is 3.79. The molecule has 1 aromatic carbocycles. The van der Waals surface area contributed by atoms with Gasteiger partial charge in [-0.25, -0.2) is 0 Å². The molecule has 2 atom stereocenters. The molecular formula is C26H40O2. The molecule has 0 saturated heterocycles. The first-order valence-corrected chi connectivity index (χ1v) is 11.1. The fraction of sp³-hybridized carbons (Fsp3) is 0.615. The number of hydrogen-bond acceptors (Lipinski definition) is 2. The van der Waals surface area contributed by atoms with E-state index in [1.807, 2.05) is 12.1 Å². The molecule has 0 aliphatic heterocycles. The van der Waals surface area contributed by atoms with Crippen LogP contribution in [0.5, 0.6) is 11.5 Å². The highest BCUT2D eigenvalue weighted by atomic mass is 16.3. The van der Waals surface area contributed by atoms with E-state index in [0.29, 0.717) is 11.5 Å². The molecule has 2 N–H and O–H groups in total. The Morgan fingerprint density at radius 1 is 1.18 bits per heavy atom. The lowest BCUT2D eigenvalue weighted by Crippen LogP contribution is -2.21. The molecule has 1 saturated carbocycles. The maximum atomic E-state index is 10.9. The summed E-state index contributed by atoms with van der Waals surface area (Å²) in [6.45, 7) is 15.0. The number of rotatable bonds is 8. The number of unbranched alkanes of at least 4 members (excludes halogenated alkanes) is 3. The summed E-state index contributed by atoms with van der Waals surface area (Å²) in [6.07, 6.45) is 11.2. The maximum Gasteiger partial charge on any atom is 0.123 e. The van der Waals surface area contributed by atoms with Gasteiger partial charge in [-0.15, -0.1) is 0 Å². The average Bonchev–Trinajstić information content (AvgIpc) is 2.64. The Morgan fingerprint density at radius 2 is 1.82 bits per heavy atom. The number of aromatic hydroxyl groups is 2. The molecule has 0 bridgehead atoms. The Balaban J connectivity index is 2.32.